The molecule has 0 saturated carbocycles. The summed E-state index contributed by atoms with van der Waals surface area (Å²) in [6, 6.07) is 15.4. The van der Waals surface area contributed by atoms with Gasteiger partial charge in [0.1, 0.15) is 11.3 Å². The summed E-state index contributed by atoms with van der Waals surface area (Å²) in [5.74, 6) is 0.269. The highest BCUT2D eigenvalue weighted by molar-refractivity contribution is 6.07. The number of aromatic hydroxyl groups is 1. The van der Waals surface area contributed by atoms with E-state index in [9.17, 15) is 14.7 Å². The number of likely N-dealkylation sites (N-methyl/N-ethyl adjacent to an activating group) is 1. The van der Waals surface area contributed by atoms with Gasteiger partial charge >= 0.3 is 6.03 Å². The zero-order valence-electron chi connectivity index (χ0n) is 18.0. The van der Waals surface area contributed by atoms with Crippen LogP contribution < -0.4 is 0 Å². The molecule has 2 aliphatic heterocycles. The van der Waals surface area contributed by atoms with Gasteiger partial charge < -0.3 is 10.0 Å². The second-order valence-electron chi connectivity index (χ2n) is 9.01. The lowest BCUT2D eigenvalue weighted by Crippen LogP contribution is -2.56. The predicted molar refractivity (Wildman–Crippen MR) is 118 cm³/mol. The Bertz CT molecular complexity index is 970. The van der Waals surface area contributed by atoms with Crippen LogP contribution in [0.5, 0.6) is 5.75 Å². The average molecular weight is 420 g/mol. The Morgan fingerprint density at radius 2 is 1.58 bits per heavy atom. The first-order chi connectivity index (χ1) is 15.0. The Morgan fingerprint density at radius 1 is 0.968 bits per heavy atom. The second kappa shape index (κ2) is 7.68. The van der Waals surface area contributed by atoms with E-state index in [1.807, 2.05) is 36.1 Å². The normalized spacial score (nSPS) is 21.3. The first kappa shape index (κ1) is 20.1. The fourth-order valence-corrected chi connectivity index (χ4v) is 5.64. The number of hydrogen-bond donors (Lipinski definition) is 1. The van der Waals surface area contributed by atoms with Crippen molar-refractivity contribution in [2.75, 3.05) is 19.6 Å². The van der Waals surface area contributed by atoms with Crippen molar-refractivity contribution in [3.8, 4) is 5.75 Å². The number of carbonyl (C=O) groups is 2. The summed E-state index contributed by atoms with van der Waals surface area (Å²) in [6.07, 6.45) is 2.85. The third-order valence-corrected chi connectivity index (χ3v) is 7.31. The number of piperidine rings is 1. The number of hydrogen-bond acceptors (Lipinski definition) is 4. The summed E-state index contributed by atoms with van der Waals surface area (Å²) in [5.41, 5.74) is 2.94. The number of carbonyl (C=O) groups excluding carboxylic acids is 2. The first-order valence-electron chi connectivity index (χ1n) is 11.2. The summed E-state index contributed by atoms with van der Waals surface area (Å²) in [5, 5.41) is 9.49. The van der Waals surface area contributed by atoms with Gasteiger partial charge in [0.25, 0.3) is 5.91 Å². The largest absolute Gasteiger partial charge is 0.508 e. The molecule has 1 aliphatic carbocycles. The van der Waals surface area contributed by atoms with Crippen molar-refractivity contribution in [1.29, 1.82) is 0 Å². The molecule has 2 aromatic carbocycles. The lowest BCUT2D eigenvalue weighted by Gasteiger charge is -2.42. The third kappa shape index (κ3) is 3.30. The Balaban J connectivity index is 1.32. The van der Waals surface area contributed by atoms with Crippen LogP contribution in [0.4, 0.5) is 4.79 Å². The van der Waals surface area contributed by atoms with Crippen molar-refractivity contribution < 1.29 is 14.7 Å². The molecule has 2 saturated heterocycles. The van der Waals surface area contributed by atoms with E-state index >= 15 is 0 Å². The van der Waals surface area contributed by atoms with E-state index in [0.29, 0.717) is 19.4 Å². The molecule has 6 nitrogen and oxygen atoms in total. The van der Waals surface area contributed by atoms with Crippen LogP contribution in [0.1, 0.15) is 36.5 Å². The van der Waals surface area contributed by atoms with Crippen molar-refractivity contribution in [3.63, 3.8) is 0 Å². The van der Waals surface area contributed by atoms with Crippen molar-refractivity contribution in [3.05, 3.63) is 65.2 Å². The number of fused-ring (bicyclic) bond motifs is 1. The number of nitrogens with zero attached hydrogens (tertiary/aromatic N) is 3. The smallest absolute Gasteiger partial charge is 0.327 e. The van der Waals surface area contributed by atoms with Crippen LogP contribution in [0.25, 0.3) is 0 Å². The topological polar surface area (TPSA) is 64.1 Å². The van der Waals surface area contributed by atoms with E-state index in [-0.39, 0.29) is 23.7 Å². The minimum absolute atomic E-state index is 0.00133. The molecule has 1 N–H and O–H groups in total. The van der Waals surface area contributed by atoms with Gasteiger partial charge in [0.2, 0.25) is 0 Å². The molecule has 3 aliphatic rings. The number of imide groups is 1. The van der Waals surface area contributed by atoms with Crippen LogP contribution >= 0.6 is 0 Å². The second-order valence-corrected chi connectivity index (χ2v) is 9.01. The van der Waals surface area contributed by atoms with E-state index in [2.05, 4.69) is 17.0 Å². The standard InChI is InChI=1S/C25H29N3O3/c1-2-27-24(31)28(21-15-19-5-3-4-6-20(19)16-21)23(30)25(27)11-13-26(14-12-25)17-18-7-9-22(29)10-8-18/h3-10,21,29H,2,11-17H2,1H3. The third-order valence-electron chi connectivity index (χ3n) is 7.31. The van der Waals surface area contributed by atoms with Crippen LogP contribution in [-0.4, -0.2) is 63.0 Å². The SMILES string of the molecule is CCN1C(=O)N(C2Cc3ccccc3C2)C(=O)C12CCN(Cc1ccc(O)cc1)CC2. The molecule has 2 heterocycles. The maximum absolute atomic E-state index is 13.7. The van der Waals surface area contributed by atoms with Gasteiger partial charge in [-0.05, 0) is 61.4 Å². The van der Waals surface area contributed by atoms with Crippen molar-refractivity contribution in [1.82, 2.24) is 14.7 Å². The molecule has 0 atom stereocenters. The van der Waals surface area contributed by atoms with E-state index in [4.69, 9.17) is 0 Å². The van der Waals surface area contributed by atoms with E-state index < -0.39 is 5.54 Å². The van der Waals surface area contributed by atoms with Gasteiger partial charge in [0.05, 0.1) is 0 Å². The van der Waals surface area contributed by atoms with Crippen LogP contribution in [0.15, 0.2) is 48.5 Å². The van der Waals surface area contributed by atoms with Gasteiger partial charge in [-0.15, -0.1) is 0 Å². The Morgan fingerprint density at radius 3 is 2.16 bits per heavy atom. The van der Waals surface area contributed by atoms with Gasteiger partial charge in [0, 0.05) is 32.2 Å². The summed E-state index contributed by atoms with van der Waals surface area (Å²) in [7, 11) is 0. The molecule has 162 valence electrons. The monoisotopic (exact) mass is 419 g/mol. The van der Waals surface area contributed by atoms with Gasteiger partial charge in [-0.2, -0.15) is 0 Å². The number of phenols is 1. The molecule has 0 bridgehead atoms. The molecule has 5 rings (SSSR count). The zero-order valence-corrected chi connectivity index (χ0v) is 18.0. The fraction of sp³-hybridized carbons (Fsp3) is 0.440. The maximum atomic E-state index is 13.7. The van der Waals surface area contributed by atoms with Crippen LogP contribution in [-0.2, 0) is 24.2 Å². The number of likely N-dealkylation sites (tertiary alicyclic amines) is 1. The van der Waals surface area contributed by atoms with Gasteiger partial charge in [-0.3, -0.25) is 14.6 Å². The van der Waals surface area contributed by atoms with Gasteiger partial charge in [-0.25, -0.2) is 4.79 Å². The Hall–Kier alpha value is -2.86. The van der Waals surface area contributed by atoms with Crippen LogP contribution in [0.3, 0.4) is 0 Å². The zero-order chi connectivity index (χ0) is 21.6. The molecular weight excluding hydrogens is 390 g/mol. The molecule has 3 amide bonds. The minimum Gasteiger partial charge on any atom is -0.508 e. The molecule has 31 heavy (non-hydrogen) atoms. The molecule has 2 aromatic rings. The predicted octanol–water partition coefficient (Wildman–Crippen LogP) is 3.18. The van der Waals surface area contributed by atoms with E-state index in [0.717, 1.165) is 38.0 Å². The van der Waals surface area contributed by atoms with E-state index in [1.165, 1.54) is 11.1 Å². The lowest BCUT2D eigenvalue weighted by molar-refractivity contribution is -0.137. The summed E-state index contributed by atoms with van der Waals surface area (Å²) in [6.45, 7) is 4.86. The molecular formula is C25H29N3O3. The van der Waals surface area contributed by atoms with Crippen molar-refractivity contribution in [2.24, 2.45) is 0 Å². The summed E-state index contributed by atoms with van der Waals surface area (Å²) in [4.78, 5) is 32.8. The lowest BCUT2D eigenvalue weighted by atomic mass is 9.85. The summed E-state index contributed by atoms with van der Waals surface area (Å²) >= 11 is 0. The van der Waals surface area contributed by atoms with Crippen LogP contribution in [0.2, 0.25) is 0 Å². The molecule has 1 spiro atoms. The fourth-order valence-electron chi connectivity index (χ4n) is 5.64. The van der Waals surface area contributed by atoms with Crippen LogP contribution in [0, 0.1) is 0 Å². The van der Waals surface area contributed by atoms with Gasteiger partial charge in [-0.1, -0.05) is 36.4 Å². The Labute approximate surface area is 183 Å². The number of benzene rings is 2. The molecule has 6 heteroatoms. The highest BCUT2D eigenvalue weighted by Crippen LogP contribution is 2.40. The number of urea groups is 1. The van der Waals surface area contributed by atoms with Crippen molar-refractivity contribution >= 4 is 11.9 Å². The van der Waals surface area contributed by atoms with Crippen molar-refractivity contribution in [2.45, 2.75) is 50.7 Å². The molecule has 0 unspecified atom stereocenters. The first-order valence-corrected chi connectivity index (χ1v) is 11.2. The molecule has 0 aromatic heterocycles. The Kier molecular flexibility index (Phi) is 4.97. The summed E-state index contributed by atoms with van der Waals surface area (Å²) < 4.78 is 0. The number of amides is 3. The number of rotatable bonds is 4. The molecule has 0 radical (unpaired) electrons. The highest BCUT2D eigenvalue weighted by Gasteiger charge is 2.59. The van der Waals surface area contributed by atoms with E-state index in [1.54, 1.807) is 17.0 Å². The minimum atomic E-state index is -0.702. The average Bonchev–Trinajstić information content (AvgIpc) is 3.28. The quantitative estimate of drug-likeness (QED) is 0.773. The van der Waals surface area contributed by atoms with Gasteiger partial charge in [0.15, 0.2) is 0 Å². The highest BCUT2D eigenvalue weighted by atomic mass is 16.3. The molecule has 2 fully saturated rings. The maximum Gasteiger partial charge on any atom is 0.327 e. The number of phenolic OH excluding ortho intramolecular Hbond substituents is 1.